The van der Waals surface area contributed by atoms with Crippen molar-refractivity contribution in [2.45, 2.75) is 49.5 Å². The molecule has 16 heteroatoms. The van der Waals surface area contributed by atoms with E-state index in [2.05, 4.69) is 20.9 Å². The minimum Gasteiger partial charge on any atom is -0.484 e. The summed E-state index contributed by atoms with van der Waals surface area (Å²) in [5, 5.41) is 0.656. The largest absolute Gasteiger partial charge is 0.484 e. The fraction of sp³-hybridized carbons (Fsp3) is 0.467. The van der Waals surface area contributed by atoms with Crippen LogP contribution >= 0.6 is 33.9 Å². The normalized spacial score (nSPS) is 25.5. The number of nitrogen functional groups attached to an aromatic ring is 1. The Balaban J connectivity index is 0.00000338. The quantitative estimate of drug-likeness (QED) is 0.144. The van der Waals surface area contributed by atoms with Gasteiger partial charge >= 0.3 is 6.01 Å². The van der Waals surface area contributed by atoms with Crippen molar-refractivity contribution in [1.82, 2.24) is 14.9 Å². The number of halogens is 6. The molecule has 2 N–H and O–H groups in total. The topological polar surface area (TPSA) is 86.0 Å². The van der Waals surface area contributed by atoms with E-state index in [1.165, 1.54) is 17.0 Å². The van der Waals surface area contributed by atoms with Gasteiger partial charge in [-0.15, -0.1) is 17.7 Å². The number of nitrogens with zero attached hydrogens (tertiary/aromatic N) is 4. The number of fused-ring (bicyclic) bond motifs is 3. The summed E-state index contributed by atoms with van der Waals surface area (Å²) in [5.74, 6) is -1.06. The molecule has 3 saturated heterocycles. The molecule has 4 atom stereocenters. The summed E-state index contributed by atoms with van der Waals surface area (Å²) < 4.78 is 93.1. The molecule has 4 aliphatic heterocycles. The molecule has 2 unspecified atom stereocenters. The summed E-state index contributed by atoms with van der Waals surface area (Å²) in [6, 6.07) is 4.75. The summed E-state index contributed by atoms with van der Waals surface area (Å²) in [4.78, 5) is 12.5. The number of thiophene rings is 1. The predicted molar refractivity (Wildman–Crippen MR) is 167 cm³/mol. The zero-order valence-corrected chi connectivity index (χ0v) is 30.2. The summed E-state index contributed by atoms with van der Waals surface area (Å²) in [7, 11) is 0. The second-order valence-electron chi connectivity index (χ2n) is 11.9. The first-order valence-corrected chi connectivity index (χ1v) is 16.5. The number of nitrogens with two attached hydrogens (primary N) is 1. The Bertz CT molecular complexity index is 1850. The van der Waals surface area contributed by atoms with Gasteiger partial charge < -0.3 is 24.8 Å². The Morgan fingerprint density at radius 3 is 2.87 bits per heavy atom. The first-order valence-electron chi connectivity index (χ1n) is 14.6. The smallest absolute Gasteiger partial charge is 0.319 e. The van der Waals surface area contributed by atoms with Crippen LogP contribution in [0.25, 0.3) is 32.1 Å². The monoisotopic (exact) mass is 898 g/mol. The van der Waals surface area contributed by atoms with E-state index in [-0.39, 0.29) is 105 Å². The molecule has 0 aliphatic carbocycles. The van der Waals surface area contributed by atoms with Crippen LogP contribution in [0, 0.1) is 63.0 Å². The molecule has 8 nitrogen and oxygen atoms in total. The van der Waals surface area contributed by atoms with Gasteiger partial charge in [0.15, 0.2) is 0 Å². The molecule has 0 spiro atoms. The molecule has 0 amide bonds. The van der Waals surface area contributed by atoms with E-state index >= 15 is 4.39 Å². The van der Waals surface area contributed by atoms with E-state index in [0.29, 0.717) is 27.5 Å². The number of benzene rings is 2. The van der Waals surface area contributed by atoms with Gasteiger partial charge in [0, 0.05) is 59.7 Å². The molecule has 4 aliphatic rings. The molecule has 0 saturated carbocycles. The maximum absolute atomic E-state index is 17.0. The third kappa shape index (κ3) is 5.34. The van der Waals surface area contributed by atoms with E-state index in [9.17, 15) is 17.6 Å². The van der Waals surface area contributed by atoms with E-state index in [1.807, 2.05) is 22.6 Å². The number of ether oxygens (including phenoxy) is 3. The van der Waals surface area contributed by atoms with Crippen molar-refractivity contribution < 1.29 is 77.9 Å². The van der Waals surface area contributed by atoms with Gasteiger partial charge in [0.05, 0.1) is 46.1 Å². The standard InChI is InChI=1S/C30H26F5IN5O3S.Ce/c31-13-7-30(4-1-5-40(30)8-13)12-43-29-38-25-22-26(44-18-11-42-10-17(18)41(9-19(33)34)28(22)39-29)24(36)21(23(25)35)14-2-3-16(32)27-15(14)6-20(37)45-27;/h2-3,13,17-19H,1,4-5,7-12,37H2;/q-1;/t13-,17?,18?,30+;/m1./s1. The first-order chi connectivity index (χ1) is 21.6. The molecule has 2 aromatic carbocycles. The number of aromatic nitrogens is 2. The van der Waals surface area contributed by atoms with Gasteiger partial charge in [0.1, 0.15) is 41.8 Å². The Kier molecular flexibility index (Phi) is 9.00. The number of alkyl halides is 3. The van der Waals surface area contributed by atoms with Crippen molar-refractivity contribution in [1.29, 1.82) is 0 Å². The van der Waals surface area contributed by atoms with Crippen molar-refractivity contribution in [3.8, 4) is 22.9 Å². The van der Waals surface area contributed by atoms with E-state index < -0.39 is 48.5 Å². The maximum Gasteiger partial charge on any atom is 0.319 e. The van der Waals surface area contributed by atoms with Gasteiger partial charge in [0.25, 0.3) is 6.43 Å². The molecular formula is C30H26CeF5IN5O3S-. The summed E-state index contributed by atoms with van der Waals surface area (Å²) in [6.07, 6.45) is -2.50. The molecule has 242 valence electrons. The van der Waals surface area contributed by atoms with E-state index in [1.54, 1.807) is 0 Å². The van der Waals surface area contributed by atoms with Gasteiger partial charge in [0.2, 0.25) is 0 Å². The summed E-state index contributed by atoms with van der Waals surface area (Å²) in [5.41, 5.74) is 5.62. The molecule has 4 aromatic rings. The van der Waals surface area contributed by atoms with E-state index in [0.717, 1.165) is 30.7 Å². The molecule has 3 fully saturated rings. The molecule has 0 bridgehead atoms. The SMILES string of the molecule is Nc1[c-]c2c(-c3c(I)c4c5c(nc(OC[C@@]67CCCN6C[C@H](F)C7)nc5c3F)N(CC(F)F)C3COCC3O4)ccc(F)c2s1.[Ce]. The van der Waals surface area contributed by atoms with Crippen LogP contribution in [0.2, 0.25) is 0 Å². The number of anilines is 2. The van der Waals surface area contributed by atoms with Crippen molar-refractivity contribution >= 4 is 65.7 Å². The van der Waals surface area contributed by atoms with Crippen LogP contribution in [0.4, 0.5) is 32.8 Å². The molecule has 8 rings (SSSR count). The zero-order chi connectivity index (χ0) is 31.2. The number of hydrogen-bond acceptors (Lipinski definition) is 9. The average Bonchev–Trinajstić information content (AvgIpc) is 3.76. The van der Waals surface area contributed by atoms with Gasteiger partial charge in [-0.05, 0) is 58.3 Å². The molecule has 6 heterocycles. The van der Waals surface area contributed by atoms with E-state index in [4.69, 9.17) is 19.9 Å². The Hall–Kier alpha value is -1.38. The van der Waals surface area contributed by atoms with Crippen LogP contribution in [0.15, 0.2) is 12.1 Å². The van der Waals surface area contributed by atoms with Gasteiger partial charge in [-0.25, -0.2) is 22.0 Å². The summed E-state index contributed by atoms with van der Waals surface area (Å²) >= 11 is 2.95. The fourth-order valence-corrected chi connectivity index (χ4v) is 9.08. The predicted octanol–water partition coefficient (Wildman–Crippen LogP) is 5.96. The third-order valence-electron chi connectivity index (χ3n) is 9.29. The maximum atomic E-state index is 17.0. The van der Waals surface area contributed by atoms with Crippen molar-refractivity contribution in [2.24, 2.45) is 0 Å². The second-order valence-corrected chi connectivity index (χ2v) is 14.1. The van der Waals surface area contributed by atoms with Crippen LogP contribution in [-0.4, -0.2) is 84.6 Å². The Morgan fingerprint density at radius 1 is 1.24 bits per heavy atom. The van der Waals surface area contributed by atoms with Crippen molar-refractivity contribution in [3.63, 3.8) is 0 Å². The average molecular weight is 899 g/mol. The van der Waals surface area contributed by atoms with Gasteiger partial charge in [-0.1, -0.05) is 0 Å². The minimum atomic E-state index is -2.75. The van der Waals surface area contributed by atoms with Crippen LogP contribution < -0.4 is 20.1 Å². The first kappa shape index (κ1) is 33.1. The van der Waals surface area contributed by atoms with Crippen LogP contribution in [0.3, 0.4) is 0 Å². The third-order valence-corrected chi connectivity index (χ3v) is 11.2. The number of rotatable bonds is 6. The van der Waals surface area contributed by atoms with Crippen molar-refractivity contribution in [2.75, 3.05) is 50.1 Å². The molecule has 2 aromatic heterocycles. The van der Waals surface area contributed by atoms with Crippen LogP contribution in [-0.2, 0) is 4.74 Å². The molecule has 0 radical (unpaired) electrons. The summed E-state index contributed by atoms with van der Waals surface area (Å²) in [6.45, 7) is 0.626. The minimum absolute atomic E-state index is 0. The Labute approximate surface area is 311 Å². The fourth-order valence-electron chi connectivity index (χ4n) is 7.36. The second kappa shape index (κ2) is 12.5. The van der Waals surface area contributed by atoms with Gasteiger partial charge in [-0.2, -0.15) is 26.7 Å². The number of hydrogen-bond donors (Lipinski definition) is 1. The van der Waals surface area contributed by atoms with Crippen molar-refractivity contribution in [3.05, 3.63) is 33.4 Å². The van der Waals surface area contributed by atoms with Gasteiger partial charge in [-0.3, -0.25) is 4.90 Å². The van der Waals surface area contributed by atoms with Crippen LogP contribution in [0.1, 0.15) is 19.3 Å². The Morgan fingerprint density at radius 2 is 2.07 bits per heavy atom. The zero-order valence-electron chi connectivity index (χ0n) is 24.1. The molecule has 46 heavy (non-hydrogen) atoms. The van der Waals surface area contributed by atoms with Crippen LogP contribution in [0.5, 0.6) is 11.8 Å². The molecular weight excluding hydrogens is 872 g/mol.